The first-order valence-corrected chi connectivity index (χ1v) is 6.31. The van der Waals surface area contributed by atoms with Gasteiger partial charge in [-0.05, 0) is 24.3 Å². The molecular formula is C15H18O2. The van der Waals surface area contributed by atoms with Crippen molar-refractivity contribution < 1.29 is 9.59 Å². The molecule has 0 aromatic heterocycles. The summed E-state index contributed by atoms with van der Waals surface area (Å²) in [7, 11) is 0. The maximum absolute atomic E-state index is 11.8. The van der Waals surface area contributed by atoms with E-state index in [2.05, 4.69) is 12.1 Å². The highest BCUT2D eigenvalue weighted by molar-refractivity contribution is 6.03. The summed E-state index contributed by atoms with van der Waals surface area (Å²) in [6.45, 7) is 1.84. The van der Waals surface area contributed by atoms with E-state index in [0.717, 1.165) is 12.8 Å². The zero-order valence-corrected chi connectivity index (χ0v) is 10.2. The van der Waals surface area contributed by atoms with Gasteiger partial charge in [0.05, 0.1) is 5.92 Å². The normalized spacial score (nSPS) is 23.9. The van der Waals surface area contributed by atoms with Crippen LogP contribution >= 0.6 is 0 Å². The van der Waals surface area contributed by atoms with Crippen LogP contribution in [0.25, 0.3) is 0 Å². The van der Waals surface area contributed by atoms with Gasteiger partial charge >= 0.3 is 0 Å². The van der Waals surface area contributed by atoms with E-state index in [1.165, 1.54) is 5.56 Å². The first-order chi connectivity index (χ1) is 8.22. The van der Waals surface area contributed by atoms with E-state index >= 15 is 0 Å². The van der Waals surface area contributed by atoms with E-state index < -0.39 is 0 Å². The number of carbonyl (C=O) groups is 2. The van der Waals surface area contributed by atoms with Crippen LogP contribution in [0, 0.1) is 11.8 Å². The van der Waals surface area contributed by atoms with Crippen molar-refractivity contribution in [2.24, 2.45) is 11.8 Å². The van der Waals surface area contributed by atoms with Gasteiger partial charge in [0.25, 0.3) is 0 Å². The van der Waals surface area contributed by atoms with Crippen LogP contribution in [0.4, 0.5) is 0 Å². The number of hydrogen-bond donors (Lipinski definition) is 0. The van der Waals surface area contributed by atoms with Gasteiger partial charge in [-0.2, -0.15) is 0 Å². The van der Waals surface area contributed by atoms with E-state index in [0.29, 0.717) is 12.8 Å². The molecule has 1 aliphatic carbocycles. The van der Waals surface area contributed by atoms with Crippen LogP contribution in [-0.2, 0) is 16.0 Å². The van der Waals surface area contributed by atoms with Crippen LogP contribution < -0.4 is 0 Å². The summed E-state index contributed by atoms with van der Waals surface area (Å²) in [5.41, 5.74) is 1.22. The lowest BCUT2D eigenvalue weighted by Crippen LogP contribution is -2.25. The van der Waals surface area contributed by atoms with Crippen LogP contribution in [-0.4, -0.2) is 11.6 Å². The molecule has 17 heavy (non-hydrogen) atoms. The first kappa shape index (κ1) is 12.0. The SMILES string of the molecule is CCC(=O)C1C(=O)CC[C@H]1Cc1ccccc1. The van der Waals surface area contributed by atoms with Crippen molar-refractivity contribution in [3.63, 3.8) is 0 Å². The van der Waals surface area contributed by atoms with Crippen molar-refractivity contribution in [3.05, 3.63) is 35.9 Å². The molecule has 2 atom stereocenters. The maximum Gasteiger partial charge on any atom is 0.143 e. The minimum atomic E-state index is -0.333. The molecule has 1 aromatic rings. The Labute approximate surface area is 102 Å². The molecule has 0 heterocycles. The van der Waals surface area contributed by atoms with Crippen LogP contribution in [0.2, 0.25) is 0 Å². The second-order valence-electron chi connectivity index (χ2n) is 4.75. The van der Waals surface area contributed by atoms with Gasteiger partial charge in [0.15, 0.2) is 0 Å². The Morgan fingerprint density at radius 1 is 1.29 bits per heavy atom. The molecule has 2 heteroatoms. The number of benzene rings is 1. The lowest BCUT2D eigenvalue weighted by Gasteiger charge is -2.16. The third-order valence-electron chi connectivity index (χ3n) is 3.62. The average Bonchev–Trinajstić information content (AvgIpc) is 2.71. The summed E-state index contributed by atoms with van der Waals surface area (Å²) < 4.78 is 0. The third kappa shape index (κ3) is 2.63. The zero-order chi connectivity index (χ0) is 12.3. The maximum atomic E-state index is 11.8. The Bertz CT molecular complexity index is 408. The fraction of sp³-hybridized carbons (Fsp3) is 0.467. The number of hydrogen-bond acceptors (Lipinski definition) is 2. The molecule has 2 rings (SSSR count). The molecule has 1 saturated carbocycles. The molecule has 0 aliphatic heterocycles. The molecule has 1 fully saturated rings. The fourth-order valence-electron chi connectivity index (χ4n) is 2.71. The lowest BCUT2D eigenvalue weighted by molar-refractivity contribution is -0.131. The first-order valence-electron chi connectivity index (χ1n) is 6.31. The minimum Gasteiger partial charge on any atom is -0.299 e. The zero-order valence-electron chi connectivity index (χ0n) is 10.2. The van der Waals surface area contributed by atoms with Crippen LogP contribution in [0.15, 0.2) is 30.3 Å². The summed E-state index contributed by atoms with van der Waals surface area (Å²) in [5.74, 6) is 0.156. The summed E-state index contributed by atoms with van der Waals surface area (Å²) in [6, 6.07) is 10.1. The van der Waals surface area contributed by atoms with Gasteiger partial charge in [0.1, 0.15) is 11.6 Å². The predicted molar refractivity (Wildman–Crippen MR) is 66.7 cm³/mol. The summed E-state index contributed by atoms with van der Waals surface area (Å²) in [4.78, 5) is 23.6. The molecule has 2 nitrogen and oxygen atoms in total. The molecular weight excluding hydrogens is 212 g/mol. The Morgan fingerprint density at radius 3 is 2.65 bits per heavy atom. The van der Waals surface area contributed by atoms with Gasteiger partial charge in [-0.15, -0.1) is 0 Å². The Kier molecular flexibility index (Phi) is 3.72. The second-order valence-corrected chi connectivity index (χ2v) is 4.75. The van der Waals surface area contributed by atoms with Crippen molar-refractivity contribution in [1.29, 1.82) is 0 Å². The smallest absolute Gasteiger partial charge is 0.143 e. The van der Waals surface area contributed by atoms with E-state index in [1.54, 1.807) is 0 Å². The number of Topliss-reactive ketones (excluding diaryl/α,β-unsaturated/α-hetero) is 2. The van der Waals surface area contributed by atoms with Gasteiger partial charge < -0.3 is 0 Å². The van der Waals surface area contributed by atoms with Crippen molar-refractivity contribution in [2.75, 3.05) is 0 Å². The molecule has 1 unspecified atom stereocenters. The van der Waals surface area contributed by atoms with E-state index in [4.69, 9.17) is 0 Å². The fourth-order valence-corrected chi connectivity index (χ4v) is 2.71. The van der Waals surface area contributed by atoms with Crippen LogP contribution in [0.1, 0.15) is 31.7 Å². The average molecular weight is 230 g/mol. The largest absolute Gasteiger partial charge is 0.299 e. The van der Waals surface area contributed by atoms with E-state index in [1.807, 2.05) is 25.1 Å². The number of carbonyl (C=O) groups excluding carboxylic acids is 2. The molecule has 0 bridgehead atoms. The molecule has 0 amide bonds. The van der Waals surface area contributed by atoms with Crippen molar-refractivity contribution >= 4 is 11.6 Å². The molecule has 1 aliphatic rings. The Balaban J connectivity index is 2.10. The lowest BCUT2D eigenvalue weighted by atomic mass is 9.85. The monoisotopic (exact) mass is 230 g/mol. The third-order valence-corrected chi connectivity index (χ3v) is 3.62. The van der Waals surface area contributed by atoms with E-state index in [9.17, 15) is 9.59 Å². The van der Waals surface area contributed by atoms with Crippen LogP contribution in [0.5, 0.6) is 0 Å². The number of ketones is 2. The van der Waals surface area contributed by atoms with Gasteiger partial charge in [-0.3, -0.25) is 9.59 Å². The molecule has 0 radical (unpaired) electrons. The molecule has 1 aromatic carbocycles. The van der Waals surface area contributed by atoms with Crippen molar-refractivity contribution in [3.8, 4) is 0 Å². The van der Waals surface area contributed by atoms with Gasteiger partial charge in [-0.1, -0.05) is 37.3 Å². The van der Waals surface area contributed by atoms with Crippen LogP contribution in [0.3, 0.4) is 0 Å². The standard InChI is InChI=1S/C15H18O2/c1-2-13(16)15-12(8-9-14(15)17)10-11-6-4-3-5-7-11/h3-7,12,15H,2,8-10H2,1H3/t12-,15?/m0/s1. The predicted octanol–water partition coefficient (Wildman–Crippen LogP) is 2.80. The highest BCUT2D eigenvalue weighted by Gasteiger charge is 2.38. The molecule has 0 spiro atoms. The Hall–Kier alpha value is -1.44. The molecule has 0 saturated heterocycles. The quantitative estimate of drug-likeness (QED) is 0.745. The highest BCUT2D eigenvalue weighted by atomic mass is 16.2. The second kappa shape index (κ2) is 5.26. The molecule has 90 valence electrons. The topological polar surface area (TPSA) is 34.1 Å². The molecule has 0 N–H and O–H groups in total. The Morgan fingerprint density at radius 2 is 2.00 bits per heavy atom. The summed E-state index contributed by atoms with van der Waals surface area (Å²) in [6.07, 6.45) is 2.77. The number of rotatable bonds is 4. The van der Waals surface area contributed by atoms with E-state index in [-0.39, 0.29) is 23.4 Å². The van der Waals surface area contributed by atoms with Crippen molar-refractivity contribution in [1.82, 2.24) is 0 Å². The van der Waals surface area contributed by atoms with Gasteiger partial charge in [0, 0.05) is 12.8 Å². The summed E-state index contributed by atoms with van der Waals surface area (Å²) >= 11 is 0. The van der Waals surface area contributed by atoms with Crippen molar-refractivity contribution in [2.45, 2.75) is 32.6 Å². The van der Waals surface area contributed by atoms with Gasteiger partial charge in [0.2, 0.25) is 0 Å². The highest BCUT2D eigenvalue weighted by Crippen LogP contribution is 2.32. The summed E-state index contributed by atoms with van der Waals surface area (Å²) in [5, 5.41) is 0. The van der Waals surface area contributed by atoms with Gasteiger partial charge in [-0.25, -0.2) is 0 Å². The minimum absolute atomic E-state index is 0.119.